The number of aromatic nitrogens is 4. The zero-order chi connectivity index (χ0) is 21.8. The molecule has 2 N–H and O–H groups in total. The second-order valence-electron chi connectivity index (χ2n) is 7.76. The zero-order valence-electron chi connectivity index (χ0n) is 18.0. The van der Waals surface area contributed by atoms with E-state index in [2.05, 4.69) is 34.3 Å². The Morgan fingerprint density at radius 2 is 1.97 bits per heavy atom. The van der Waals surface area contributed by atoms with E-state index in [9.17, 15) is 4.79 Å². The van der Waals surface area contributed by atoms with E-state index in [-0.39, 0.29) is 5.78 Å². The van der Waals surface area contributed by atoms with Crippen molar-refractivity contribution in [3.63, 3.8) is 0 Å². The Hall–Kier alpha value is -3.58. The van der Waals surface area contributed by atoms with Crippen LogP contribution in [0.1, 0.15) is 23.7 Å². The Morgan fingerprint density at radius 1 is 1.13 bits per heavy atom. The van der Waals surface area contributed by atoms with E-state index in [0.29, 0.717) is 17.1 Å². The second-order valence-corrected chi connectivity index (χ2v) is 7.76. The van der Waals surface area contributed by atoms with Crippen molar-refractivity contribution in [3.05, 3.63) is 60.4 Å². The van der Waals surface area contributed by atoms with Crippen LogP contribution < -0.4 is 5.32 Å². The molecule has 0 aliphatic carbocycles. The lowest BCUT2D eigenvalue weighted by atomic mass is 10.1. The van der Waals surface area contributed by atoms with Gasteiger partial charge < -0.3 is 15.2 Å². The van der Waals surface area contributed by atoms with Gasteiger partial charge in [0.05, 0.1) is 17.0 Å². The number of carbonyl (C=O) groups excluding carboxylic acids is 1. The fourth-order valence-corrected chi connectivity index (χ4v) is 3.60. The number of hydrogen-bond acceptors (Lipinski definition) is 6. The quantitative estimate of drug-likeness (QED) is 0.331. The maximum atomic E-state index is 12.5. The lowest BCUT2D eigenvalue weighted by molar-refractivity contribution is 0.102. The van der Waals surface area contributed by atoms with Gasteiger partial charge >= 0.3 is 0 Å². The van der Waals surface area contributed by atoms with Crippen molar-refractivity contribution in [3.8, 4) is 22.8 Å². The summed E-state index contributed by atoms with van der Waals surface area (Å²) in [6.07, 6.45) is 4.50. The topological polar surface area (TPSA) is 86.8 Å². The number of nitrogens with zero attached hydrogens (tertiary/aromatic N) is 4. The van der Waals surface area contributed by atoms with Crippen molar-refractivity contribution in [1.82, 2.24) is 24.8 Å². The van der Waals surface area contributed by atoms with Gasteiger partial charge in [0, 0.05) is 41.5 Å². The Morgan fingerprint density at radius 3 is 2.71 bits per heavy atom. The van der Waals surface area contributed by atoms with Crippen LogP contribution in [0.15, 0.2) is 54.9 Å². The fraction of sp³-hybridized carbons (Fsp3) is 0.250. The number of fused-ring (bicyclic) bond motifs is 1. The first-order valence-electron chi connectivity index (χ1n) is 10.3. The number of H-pyrrole nitrogens is 1. The van der Waals surface area contributed by atoms with Gasteiger partial charge in [0.25, 0.3) is 0 Å². The Bertz CT molecular complexity index is 1200. The summed E-state index contributed by atoms with van der Waals surface area (Å²) in [7, 11) is 4.12. The van der Waals surface area contributed by atoms with Crippen molar-refractivity contribution >= 4 is 22.5 Å². The molecule has 0 saturated heterocycles. The highest BCUT2D eigenvalue weighted by Crippen LogP contribution is 2.31. The summed E-state index contributed by atoms with van der Waals surface area (Å²) in [5.74, 6) is 1.18. The number of nitrogens with one attached hydrogen (secondary N) is 2. The van der Waals surface area contributed by atoms with Gasteiger partial charge in [-0.05, 0) is 52.2 Å². The average Bonchev–Trinajstić information content (AvgIpc) is 3.17. The predicted molar refractivity (Wildman–Crippen MR) is 124 cm³/mol. The molecule has 3 aromatic heterocycles. The molecule has 0 saturated carbocycles. The minimum Gasteiger partial charge on any atom is -0.370 e. The molecular weight excluding hydrogens is 388 g/mol. The monoisotopic (exact) mass is 414 g/mol. The standard InChI is InChI=1S/C24H26N6O/c1-16(31)22-18-9-4-5-10-19(18)27-23(22)24-28-20(17-8-6-11-25-15-17)14-21(29-24)26-12-7-13-30(2)3/h4-6,8-11,14-15,27H,7,12-13H2,1-3H3,(H,26,28,29). The number of anilines is 1. The van der Waals surface area contributed by atoms with Crippen LogP contribution in [0.25, 0.3) is 33.7 Å². The molecule has 4 aromatic rings. The minimum atomic E-state index is -0.0247. The molecule has 7 nitrogen and oxygen atoms in total. The number of benzene rings is 1. The third-order valence-corrected chi connectivity index (χ3v) is 5.05. The van der Waals surface area contributed by atoms with Crippen molar-refractivity contribution in [1.29, 1.82) is 0 Å². The summed E-state index contributed by atoms with van der Waals surface area (Å²) in [5.41, 5.74) is 3.77. The predicted octanol–water partition coefficient (Wildman–Crippen LogP) is 4.25. The SMILES string of the molecule is CC(=O)c1c(-c2nc(NCCCN(C)C)cc(-c3cccnc3)n2)[nH]c2ccccc12. The molecule has 3 heterocycles. The third-order valence-electron chi connectivity index (χ3n) is 5.05. The number of aromatic amines is 1. The highest BCUT2D eigenvalue weighted by atomic mass is 16.1. The van der Waals surface area contributed by atoms with Crippen LogP contribution in [0, 0.1) is 0 Å². The molecule has 0 unspecified atom stereocenters. The highest BCUT2D eigenvalue weighted by Gasteiger charge is 2.20. The average molecular weight is 415 g/mol. The van der Waals surface area contributed by atoms with Crippen molar-refractivity contribution < 1.29 is 4.79 Å². The first-order valence-corrected chi connectivity index (χ1v) is 10.3. The first-order chi connectivity index (χ1) is 15.0. The lowest BCUT2D eigenvalue weighted by Gasteiger charge is -2.12. The second kappa shape index (κ2) is 9.06. The number of hydrogen-bond donors (Lipinski definition) is 2. The Balaban J connectivity index is 1.80. The number of ketones is 1. The maximum Gasteiger partial charge on any atom is 0.179 e. The molecule has 0 radical (unpaired) electrons. The van der Waals surface area contributed by atoms with Gasteiger partial charge in [-0.25, -0.2) is 9.97 Å². The molecule has 158 valence electrons. The van der Waals surface area contributed by atoms with E-state index in [0.717, 1.165) is 47.5 Å². The summed E-state index contributed by atoms with van der Waals surface area (Å²) < 4.78 is 0. The molecule has 0 bridgehead atoms. The summed E-state index contributed by atoms with van der Waals surface area (Å²) >= 11 is 0. The van der Waals surface area contributed by atoms with E-state index in [1.807, 2.05) is 42.5 Å². The number of carbonyl (C=O) groups is 1. The fourth-order valence-electron chi connectivity index (χ4n) is 3.60. The van der Waals surface area contributed by atoms with Crippen molar-refractivity contribution in [2.75, 3.05) is 32.5 Å². The lowest BCUT2D eigenvalue weighted by Crippen LogP contribution is -2.16. The van der Waals surface area contributed by atoms with Gasteiger partial charge in [0.1, 0.15) is 5.82 Å². The molecule has 4 rings (SSSR count). The van der Waals surface area contributed by atoms with E-state index in [1.165, 1.54) is 0 Å². The largest absolute Gasteiger partial charge is 0.370 e. The van der Waals surface area contributed by atoms with Crippen LogP contribution in [0.3, 0.4) is 0 Å². The van der Waals surface area contributed by atoms with Crippen LogP contribution in [0.4, 0.5) is 5.82 Å². The van der Waals surface area contributed by atoms with Crippen LogP contribution in [0.5, 0.6) is 0 Å². The zero-order valence-corrected chi connectivity index (χ0v) is 18.0. The number of rotatable bonds is 8. The molecule has 0 aliphatic heterocycles. The summed E-state index contributed by atoms with van der Waals surface area (Å²) in [6.45, 7) is 3.34. The van der Waals surface area contributed by atoms with Crippen LogP contribution in [-0.2, 0) is 0 Å². The highest BCUT2D eigenvalue weighted by molar-refractivity contribution is 6.11. The van der Waals surface area contributed by atoms with E-state index in [4.69, 9.17) is 9.97 Å². The first kappa shape index (κ1) is 20.7. The molecule has 0 spiro atoms. The number of para-hydroxylation sites is 1. The van der Waals surface area contributed by atoms with Gasteiger partial charge in [-0.2, -0.15) is 0 Å². The van der Waals surface area contributed by atoms with Gasteiger partial charge in [-0.3, -0.25) is 9.78 Å². The van der Waals surface area contributed by atoms with E-state index < -0.39 is 0 Å². The molecule has 0 aliphatic rings. The van der Waals surface area contributed by atoms with Crippen molar-refractivity contribution in [2.24, 2.45) is 0 Å². The van der Waals surface area contributed by atoms with Gasteiger partial charge in [-0.1, -0.05) is 18.2 Å². The molecular formula is C24H26N6O. The van der Waals surface area contributed by atoms with E-state index in [1.54, 1.807) is 19.3 Å². The van der Waals surface area contributed by atoms with E-state index >= 15 is 0 Å². The summed E-state index contributed by atoms with van der Waals surface area (Å²) in [6, 6.07) is 13.5. The van der Waals surface area contributed by atoms with Gasteiger partial charge in [0.15, 0.2) is 11.6 Å². The van der Waals surface area contributed by atoms with Gasteiger partial charge in [-0.15, -0.1) is 0 Å². The number of Topliss-reactive ketones (excluding diaryl/α,β-unsaturated/α-hetero) is 1. The summed E-state index contributed by atoms with van der Waals surface area (Å²) in [5, 5.41) is 4.28. The normalized spacial score (nSPS) is 11.2. The Kier molecular flexibility index (Phi) is 6.04. The molecule has 0 amide bonds. The van der Waals surface area contributed by atoms with Crippen molar-refractivity contribution in [2.45, 2.75) is 13.3 Å². The van der Waals surface area contributed by atoms with Crippen LogP contribution in [0.2, 0.25) is 0 Å². The third kappa shape index (κ3) is 4.62. The molecule has 1 aromatic carbocycles. The smallest absolute Gasteiger partial charge is 0.179 e. The maximum absolute atomic E-state index is 12.5. The minimum absolute atomic E-state index is 0.0247. The summed E-state index contributed by atoms with van der Waals surface area (Å²) in [4.78, 5) is 31.8. The van der Waals surface area contributed by atoms with Crippen LogP contribution in [-0.4, -0.2) is 57.8 Å². The molecule has 31 heavy (non-hydrogen) atoms. The number of pyridine rings is 1. The molecule has 0 fully saturated rings. The molecule has 0 atom stereocenters. The molecule has 7 heteroatoms. The Labute approximate surface area is 181 Å². The van der Waals surface area contributed by atoms with Gasteiger partial charge in [0.2, 0.25) is 0 Å². The van der Waals surface area contributed by atoms with Crippen LogP contribution >= 0.6 is 0 Å².